The van der Waals surface area contributed by atoms with Gasteiger partial charge in [0.15, 0.2) is 0 Å². The molecule has 1 aliphatic carbocycles. The van der Waals surface area contributed by atoms with E-state index >= 15 is 0 Å². The quantitative estimate of drug-likeness (QED) is 0.753. The van der Waals surface area contributed by atoms with E-state index in [1.165, 1.54) is 35.3 Å². The van der Waals surface area contributed by atoms with Gasteiger partial charge in [-0.25, -0.2) is 0 Å². The number of aryl methyl sites for hydroxylation is 1. The number of amides is 2. The summed E-state index contributed by atoms with van der Waals surface area (Å²) in [7, 11) is 0. The minimum atomic E-state index is 0.0843. The van der Waals surface area contributed by atoms with Crippen molar-refractivity contribution in [3.05, 3.63) is 57.8 Å². The molecule has 4 rings (SSSR count). The van der Waals surface area contributed by atoms with Gasteiger partial charge in [0.2, 0.25) is 5.91 Å². The average molecular weight is 398 g/mol. The molecule has 1 aromatic carbocycles. The van der Waals surface area contributed by atoms with Gasteiger partial charge in [0.25, 0.3) is 5.91 Å². The lowest BCUT2D eigenvalue weighted by Gasteiger charge is -2.35. The van der Waals surface area contributed by atoms with Gasteiger partial charge >= 0.3 is 0 Å². The molecule has 0 spiro atoms. The average Bonchev–Trinajstić information content (AvgIpc) is 3.42. The van der Waals surface area contributed by atoms with Crippen molar-refractivity contribution >= 4 is 23.2 Å². The molecular formula is C22H27N3O2S. The van der Waals surface area contributed by atoms with Crippen LogP contribution in [-0.2, 0) is 11.3 Å². The van der Waals surface area contributed by atoms with Gasteiger partial charge in [0, 0.05) is 38.8 Å². The van der Waals surface area contributed by atoms with Crippen LogP contribution in [-0.4, -0.2) is 65.3 Å². The Hall–Kier alpha value is -2.18. The fourth-order valence-corrected chi connectivity index (χ4v) is 4.36. The van der Waals surface area contributed by atoms with Crippen LogP contribution in [0, 0.1) is 6.92 Å². The standard InChI is InChI=1S/C22H27N3O2S/c1-17-4-6-18(7-5-17)15-25(19-8-9-19)16-21(26)23-10-12-24(13-11-23)22(27)20-3-2-14-28-20/h2-7,14,19H,8-13,15-16H2,1H3. The highest BCUT2D eigenvalue weighted by Crippen LogP contribution is 2.28. The number of thiophene rings is 1. The number of hydrogen-bond donors (Lipinski definition) is 0. The number of carbonyl (C=O) groups excluding carboxylic acids is 2. The Morgan fingerprint density at radius 1 is 1.04 bits per heavy atom. The second kappa shape index (κ2) is 8.45. The molecule has 6 heteroatoms. The van der Waals surface area contributed by atoms with Crippen LogP contribution in [0.4, 0.5) is 0 Å². The summed E-state index contributed by atoms with van der Waals surface area (Å²) in [6.07, 6.45) is 2.37. The van der Waals surface area contributed by atoms with Gasteiger partial charge in [0.05, 0.1) is 11.4 Å². The summed E-state index contributed by atoms with van der Waals surface area (Å²) >= 11 is 1.47. The van der Waals surface area contributed by atoms with Gasteiger partial charge in [-0.15, -0.1) is 11.3 Å². The summed E-state index contributed by atoms with van der Waals surface area (Å²) in [5, 5.41) is 1.92. The summed E-state index contributed by atoms with van der Waals surface area (Å²) in [5.41, 5.74) is 2.52. The van der Waals surface area contributed by atoms with Crippen LogP contribution >= 0.6 is 11.3 Å². The van der Waals surface area contributed by atoms with Crippen LogP contribution in [0.25, 0.3) is 0 Å². The van der Waals surface area contributed by atoms with E-state index in [-0.39, 0.29) is 11.8 Å². The first-order chi connectivity index (χ1) is 13.6. The fourth-order valence-electron chi connectivity index (χ4n) is 3.67. The highest BCUT2D eigenvalue weighted by Gasteiger charge is 2.32. The zero-order valence-corrected chi connectivity index (χ0v) is 17.2. The van der Waals surface area contributed by atoms with Crippen molar-refractivity contribution < 1.29 is 9.59 Å². The van der Waals surface area contributed by atoms with E-state index in [4.69, 9.17) is 0 Å². The molecule has 1 aliphatic heterocycles. The van der Waals surface area contributed by atoms with Gasteiger partial charge < -0.3 is 9.80 Å². The predicted molar refractivity (Wildman–Crippen MR) is 111 cm³/mol. The molecule has 28 heavy (non-hydrogen) atoms. The van der Waals surface area contributed by atoms with Gasteiger partial charge in [-0.1, -0.05) is 35.9 Å². The number of rotatable bonds is 6. The summed E-state index contributed by atoms with van der Waals surface area (Å²) in [5.74, 6) is 0.267. The summed E-state index contributed by atoms with van der Waals surface area (Å²) in [4.78, 5) is 32.2. The highest BCUT2D eigenvalue weighted by molar-refractivity contribution is 7.12. The van der Waals surface area contributed by atoms with Crippen molar-refractivity contribution in [1.29, 1.82) is 0 Å². The molecule has 2 amide bonds. The summed E-state index contributed by atoms with van der Waals surface area (Å²) < 4.78 is 0. The Morgan fingerprint density at radius 2 is 1.71 bits per heavy atom. The summed E-state index contributed by atoms with van der Waals surface area (Å²) in [6, 6.07) is 12.9. The minimum absolute atomic E-state index is 0.0843. The maximum atomic E-state index is 12.9. The molecule has 2 aromatic rings. The smallest absolute Gasteiger partial charge is 0.264 e. The molecular weight excluding hydrogens is 370 g/mol. The Bertz CT molecular complexity index is 807. The van der Waals surface area contributed by atoms with Crippen molar-refractivity contribution in [3.63, 3.8) is 0 Å². The van der Waals surface area contributed by atoms with Gasteiger partial charge in [-0.2, -0.15) is 0 Å². The third kappa shape index (κ3) is 4.62. The lowest BCUT2D eigenvalue weighted by Crippen LogP contribution is -2.52. The van der Waals surface area contributed by atoms with Crippen molar-refractivity contribution in [2.45, 2.75) is 32.4 Å². The second-order valence-corrected chi connectivity index (χ2v) is 8.72. The first-order valence-electron chi connectivity index (χ1n) is 10.0. The van der Waals surface area contributed by atoms with Gasteiger partial charge in [0.1, 0.15) is 0 Å². The van der Waals surface area contributed by atoms with Crippen LogP contribution in [0.5, 0.6) is 0 Å². The molecule has 2 aliphatic rings. The Kier molecular flexibility index (Phi) is 5.78. The molecule has 0 unspecified atom stereocenters. The molecule has 5 nitrogen and oxygen atoms in total. The zero-order chi connectivity index (χ0) is 19.5. The molecule has 0 radical (unpaired) electrons. The SMILES string of the molecule is Cc1ccc(CN(CC(=O)N2CCN(C(=O)c3cccs3)CC2)C2CC2)cc1. The number of hydrogen-bond acceptors (Lipinski definition) is 4. The maximum Gasteiger partial charge on any atom is 0.264 e. The molecule has 148 valence electrons. The first kappa shape index (κ1) is 19.2. The number of benzene rings is 1. The topological polar surface area (TPSA) is 43.9 Å². The molecule has 0 N–H and O–H groups in total. The van der Waals surface area contributed by atoms with Gasteiger partial charge in [-0.3, -0.25) is 14.5 Å². The zero-order valence-electron chi connectivity index (χ0n) is 16.3. The molecule has 2 heterocycles. The minimum Gasteiger partial charge on any atom is -0.338 e. The first-order valence-corrected chi connectivity index (χ1v) is 10.9. The maximum absolute atomic E-state index is 12.9. The largest absolute Gasteiger partial charge is 0.338 e. The second-order valence-electron chi connectivity index (χ2n) is 7.77. The molecule has 0 bridgehead atoms. The Morgan fingerprint density at radius 3 is 2.32 bits per heavy atom. The lowest BCUT2D eigenvalue weighted by molar-refractivity contribution is -0.134. The van der Waals surface area contributed by atoms with E-state index in [9.17, 15) is 9.59 Å². The van der Waals surface area contributed by atoms with Crippen LogP contribution in [0.1, 0.15) is 33.6 Å². The van der Waals surface area contributed by atoms with E-state index in [1.54, 1.807) is 0 Å². The number of nitrogens with zero attached hydrogens (tertiary/aromatic N) is 3. The van der Waals surface area contributed by atoms with Crippen molar-refractivity contribution in [3.8, 4) is 0 Å². The molecule has 1 saturated carbocycles. The number of carbonyl (C=O) groups is 2. The Labute approximate surface area is 170 Å². The molecule has 0 atom stereocenters. The van der Waals surface area contributed by atoms with E-state index < -0.39 is 0 Å². The molecule has 2 fully saturated rings. The van der Waals surface area contributed by atoms with Crippen LogP contribution in [0.15, 0.2) is 41.8 Å². The lowest BCUT2D eigenvalue weighted by atomic mass is 10.1. The third-order valence-electron chi connectivity index (χ3n) is 5.56. The summed E-state index contributed by atoms with van der Waals surface area (Å²) in [6.45, 7) is 5.87. The highest BCUT2D eigenvalue weighted by atomic mass is 32.1. The van der Waals surface area contributed by atoms with E-state index in [0.717, 1.165) is 11.4 Å². The van der Waals surface area contributed by atoms with E-state index in [1.807, 2.05) is 27.3 Å². The van der Waals surface area contributed by atoms with Crippen LogP contribution in [0.2, 0.25) is 0 Å². The monoisotopic (exact) mass is 397 g/mol. The van der Waals surface area contributed by atoms with Gasteiger partial charge in [-0.05, 0) is 36.8 Å². The number of piperazine rings is 1. The van der Waals surface area contributed by atoms with E-state index in [2.05, 4.69) is 36.1 Å². The fraction of sp³-hybridized carbons (Fsp3) is 0.455. The van der Waals surface area contributed by atoms with Crippen molar-refractivity contribution in [1.82, 2.24) is 14.7 Å². The van der Waals surface area contributed by atoms with Crippen molar-refractivity contribution in [2.75, 3.05) is 32.7 Å². The molecule has 1 aromatic heterocycles. The predicted octanol–water partition coefficient (Wildman–Crippen LogP) is 3.01. The molecule has 1 saturated heterocycles. The normalized spacial score (nSPS) is 17.2. The van der Waals surface area contributed by atoms with E-state index in [0.29, 0.717) is 38.8 Å². The van der Waals surface area contributed by atoms with Crippen LogP contribution in [0.3, 0.4) is 0 Å². The van der Waals surface area contributed by atoms with Crippen molar-refractivity contribution in [2.24, 2.45) is 0 Å². The van der Waals surface area contributed by atoms with Crippen LogP contribution < -0.4 is 0 Å². The Balaban J connectivity index is 1.30. The third-order valence-corrected chi connectivity index (χ3v) is 6.42.